The molecule has 0 spiro atoms. The van der Waals surface area contributed by atoms with Gasteiger partial charge in [0.2, 0.25) is 5.91 Å². The molecule has 0 unspecified atom stereocenters. The molecule has 0 aliphatic carbocycles. The van der Waals surface area contributed by atoms with E-state index in [1.165, 1.54) is 0 Å². The summed E-state index contributed by atoms with van der Waals surface area (Å²) < 4.78 is 0. The highest BCUT2D eigenvalue weighted by molar-refractivity contribution is 7.09. The van der Waals surface area contributed by atoms with Crippen molar-refractivity contribution in [3.05, 3.63) is 45.9 Å². The van der Waals surface area contributed by atoms with Crippen LogP contribution in [-0.2, 0) is 17.8 Å². The van der Waals surface area contributed by atoms with Crippen molar-refractivity contribution in [3.8, 4) is 0 Å². The lowest BCUT2D eigenvalue weighted by atomic mass is 10.1. The number of nitrogens with one attached hydrogen (secondary N) is 3. The molecule has 1 aromatic heterocycles. The standard InChI is InChI=1S/C20H29N5OS/c1-14(2)10-19(26)25-17-7-5-6-16(11-17)12-23-20(21-4)22-9-8-18-13-27-15(3)24-18/h5-7,11,13-14H,8-10,12H2,1-4H3,(H,25,26)(H2,21,22,23). The maximum Gasteiger partial charge on any atom is 0.224 e. The third-order valence-electron chi connectivity index (χ3n) is 3.83. The number of aryl methyl sites for hydroxylation is 1. The van der Waals surface area contributed by atoms with E-state index in [4.69, 9.17) is 0 Å². The Labute approximate surface area is 165 Å². The number of hydrogen-bond donors (Lipinski definition) is 3. The van der Waals surface area contributed by atoms with Crippen molar-refractivity contribution >= 4 is 28.9 Å². The summed E-state index contributed by atoms with van der Waals surface area (Å²) in [6, 6.07) is 7.86. The lowest BCUT2D eigenvalue weighted by Gasteiger charge is -2.13. The quantitative estimate of drug-likeness (QED) is 0.479. The molecule has 1 aromatic carbocycles. The van der Waals surface area contributed by atoms with Gasteiger partial charge in [-0.3, -0.25) is 9.79 Å². The first kappa shape index (κ1) is 20.9. The molecule has 2 rings (SSSR count). The molecule has 0 aliphatic rings. The zero-order chi connectivity index (χ0) is 19.6. The number of nitrogens with zero attached hydrogens (tertiary/aromatic N) is 2. The van der Waals surface area contributed by atoms with Crippen molar-refractivity contribution in [2.75, 3.05) is 18.9 Å². The molecule has 146 valence electrons. The molecule has 1 heterocycles. The van der Waals surface area contributed by atoms with Crippen LogP contribution in [0.15, 0.2) is 34.6 Å². The number of hydrogen-bond acceptors (Lipinski definition) is 4. The number of thiazole rings is 1. The van der Waals surface area contributed by atoms with Crippen LogP contribution in [-0.4, -0.2) is 30.4 Å². The van der Waals surface area contributed by atoms with E-state index in [2.05, 4.69) is 31.3 Å². The highest BCUT2D eigenvalue weighted by Crippen LogP contribution is 2.12. The van der Waals surface area contributed by atoms with Gasteiger partial charge in [-0.15, -0.1) is 11.3 Å². The molecule has 2 aromatic rings. The van der Waals surface area contributed by atoms with E-state index in [0.717, 1.165) is 40.9 Å². The Morgan fingerprint density at radius 1 is 1.30 bits per heavy atom. The maximum atomic E-state index is 11.9. The van der Waals surface area contributed by atoms with E-state index >= 15 is 0 Å². The molecule has 7 heteroatoms. The van der Waals surface area contributed by atoms with Gasteiger partial charge in [-0.2, -0.15) is 0 Å². The zero-order valence-corrected chi connectivity index (χ0v) is 17.3. The first-order valence-corrected chi connectivity index (χ1v) is 10.1. The van der Waals surface area contributed by atoms with E-state index in [1.54, 1.807) is 18.4 Å². The second-order valence-corrected chi connectivity index (χ2v) is 7.87. The molecule has 0 radical (unpaired) electrons. The molecule has 0 saturated carbocycles. The van der Waals surface area contributed by atoms with Crippen molar-refractivity contribution in [3.63, 3.8) is 0 Å². The van der Waals surface area contributed by atoms with Gasteiger partial charge in [0.05, 0.1) is 10.7 Å². The van der Waals surface area contributed by atoms with Gasteiger partial charge in [-0.25, -0.2) is 4.98 Å². The number of rotatable bonds is 8. The summed E-state index contributed by atoms with van der Waals surface area (Å²) in [5.41, 5.74) is 3.00. The van der Waals surface area contributed by atoms with Crippen LogP contribution in [0.1, 0.15) is 36.5 Å². The lowest BCUT2D eigenvalue weighted by molar-refractivity contribution is -0.116. The smallest absolute Gasteiger partial charge is 0.224 e. The summed E-state index contributed by atoms with van der Waals surface area (Å²) in [6.07, 6.45) is 1.39. The van der Waals surface area contributed by atoms with Crippen LogP contribution in [0.3, 0.4) is 0 Å². The second kappa shape index (κ2) is 10.7. The van der Waals surface area contributed by atoms with Gasteiger partial charge in [0.1, 0.15) is 0 Å². The molecule has 0 aliphatic heterocycles. The van der Waals surface area contributed by atoms with Gasteiger partial charge in [0.25, 0.3) is 0 Å². The summed E-state index contributed by atoms with van der Waals surface area (Å²) in [5, 5.41) is 12.7. The van der Waals surface area contributed by atoms with Gasteiger partial charge >= 0.3 is 0 Å². The molecular weight excluding hydrogens is 358 g/mol. The van der Waals surface area contributed by atoms with Crippen molar-refractivity contribution < 1.29 is 4.79 Å². The summed E-state index contributed by atoms with van der Waals surface area (Å²) in [5.74, 6) is 1.14. The van der Waals surface area contributed by atoms with Gasteiger partial charge in [0.15, 0.2) is 5.96 Å². The number of carbonyl (C=O) groups excluding carboxylic acids is 1. The number of anilines is 1. The number of aromatic nitrogens is 1. The Bertz CT molecular complexity index is 769. The molecule has 6 nitrogen and oxygen atoms in total. The van der Waals surface area contributed by atoms with Crippen LogP contribution in [0.25, 0.3) is 0 Å². The van der Waals surface area contributed by atoms with Crippen LogP contribution >= 0.6 is 11.3 Å². The zero-order valence-electron chi connectivity index (χ0n) is 16.5. The normalized spacial score (nSPS) is 11.5. The number of benzene rings is 1. The van der Waals surface area contributed by atoms with Crippen molar-refractivity contribution in [2.24, 2.45) is 10.9 Å². The van der Waals surface area contributed by atoms with E-state index in [1.807, 2.05) is 45.0 Å². The van der Waals surface area contributed by atoms with Gasteiger partial charge in [0, 0.05) is 44.0 Å². The molecule has 0 atom stereocenters. The summed E-state index contributed by atoms with van der Waals surface area (Å²) in [4.78, 5) is 20.6. The summed E-state index contributed by atoms with van der Waals surface area (Å²) in [6.45, 7) is 7.49. The van der Waals surface area contributed by atoms with Crippen molar-refractivity contribution in [1.82, 2.24) is 15.6 Å². The second-order valence-electron chi connectivity index (χ2n) is 6.81. The summed E-state index contributed by atoms with van der Waals surface area (Å²) >= 11 is 1.67. The Balaban J connectivity index is 1.79. The largest absolute Gasteiger partial charge is 0.356 e. The summed E-state index contributed by atoms with van der Waals surface area (Å²) in [7, 11) is 1.75. The molecule has 1 amide bonds. The SMILES string of the molecule is CN=C(NCCc1csc(C)n1)NCc1cccc(NC(=O)CC(C)C)c1. The van der Waals surface area contributed by atoms with E-state index in [0.29, 0.717) is 18.9 Å². The van der Waals surface area contributed by atoms with Crippen LogP contribution in [0.4, 0.5) is 5.69 Å². The Hall–Kier alpha value is -2.41. The van der Waals surface area contributed by atoms with Gasteiger partial charge in [-0.05, 0) is 30.5 Å². The molecule has 0 bridgehead atoms. The Morgan fingerprint density at radius 2 is 2.11 bits per heavy atom. The third-order valence-corrected chi connectivity index (χ3v) is 4.65. The Morgan fingerprint density at radius 3 is 2.78 bits per heavy atom. The number of aliphatic imine (C=N–C) groups is 1. The van der Waals surface area contributed by atoms with Crippen LogP contribution < -0.4 is 16.0 Å². The van der Waals surface area contributed by atoms with Crippen LogP contribution in [0.2, 0.25) is 0 Å². The van der Waals surface area contributed by atoms with Crippen molar-refractivity contribution in [2.45, 2.75) is 40.2 Å². The fourth-order valence-electron chi connectivity index (χ4n) is 2.58. The highest BCUT2D eigenvalue weighted by Gasteiger charge is 2.06. The van der Waals surface area contributed by atoms with Crippen LogP contribution in [0, 0.1) is 12.8 Å². The predicted molar refractivity (Wildman–Crippen MR) is 113 cm³/mol. The first-order chi connectivity index (χ1) is 13.0. The maximum absolute atomic E-state index is 11.9. The van der Waals surface area contributed by atoms with Gasteiger partial charge < -0.3 is 16.0 Å². The Kier molecular flexibility index (Phi) is 8.26. The monoisotopic (exact) mass is 387 g/mol. The van der Waals surface area contributed by atoms with Gasteiger partial charge in [-0.1, -0.05) is 26.0 Å². The molecule has 0 saturated heterocycles. The molecule has 27 heavy (non-hydrogen) atoms. The van der Waals surface area contributed by atoms with E-state index in [-0.39, 0.29) is 5.91 Å². The minimum absolute atomic E-state index is 0.0462. The predicted octanol–water partition coefficient (Wildman–Crippen LogP) is 3.34. The fraction of sp³-hybridized carbons (Fsp3) is 0.450. The molecule has 3 N–H and O–H groups in total. The topological polar surface area (TPSA) is 78.4 Å². The number of amides is 1. The molecule has 0 fully saturated rings. The molecular formula is C20H29N5OS. The number of carbonyl (C=O) groups is 1. The minimum atomic E-state index is 0.0462. The average Bonchev–Trinajstić information content (AvgIpc) is 3.02. The van der Waals surface area contributed by atoms with Crippen LogP contribution in [0.5, 0.6) is 0 Å². The fourth-order valence-corrected chi connectivity index (χ4v) is 3.23. The lowest BCUT2D eigenvalue weighted by Crippen LogP contribution is -2.37. The minimum Gasteiger partial charge on any atom is -0.356 e. The first-order valence-electron chi connectivity index (χ1n) is 9.20. The average molecular weight is 388 g/mol. The van der Waals surface area contributed by atoms with E-state index < -0.39 is 0 Å². The van der Waals surface area contributed by atoms with E-state index in [9.17, 15) is 4.79 Å². The third kappa shape index (κ3) is 7.78. The van der Waals surface area contributed by atoms with Crippen molar-refractivity contribution in [1.29, 1.82) is 0 Å². The highest BCUT2D eigenvalue weighted by atomic mass is 32.1. The number of guanidine groups is 1.